The number of rotatable bonds is 3. The molecule has 7 nitrogen and oxygen atoms in total. The van der Waals surface area contributed by atoms with Gasteiger partial charge in [0.25, 0.3) is 5.91 Å². The minimum absolute atomic E-state index is 0.0266. The van der Waals surface area contributed by atoms with Crippen molar-refractivity contribution in [1.29, 1.82) is 0 Å². The normalized spacial score (nSPS) is 18.4. The number of amides is 1. The van der Waals surface area contributed by atoms with Gasteiger partial charge in [-0.2, -0.15) is 10.1 Å². The van der Waals surface area contributed by atoms with E-state index in [1.165, 1.54) is 0 Å². The van der Waals surface area contributed by atoms with Crippen molar-refractivity contribution >= 4 is 5.91 Å². The van der Waals surface area contributed by atoms with Crippen LogP contribution < -0.4 is 0 Å². The molecule has 22 heavy (non-hydrogen) atoms. The van der Waals surface area contributed by atoms with Crippen molar-refractivity contribution in [3.8, 4) is 0 Å². The number of nitrogens with zero attached hydrogens (tertiary/aromatic N) is 5. The fourth-order valence-electron chi connectivity index (χ4n) is 2.91. The molecule has 1 aliphatic heterocycles. The zero-order valence-electron chi connectivity index (χ0n) is 13.4. The molecule has 0 spiro atoms. The zero-order valence-corrected chi connectivity index (χ0v) is 13.4. The van der Waals surface area contributed by atoms with Gasteiger partial charge >= 0.3 is 0 Å². The molecule has 1 unspecified atom stereocenters. The third-order valence-corrected chi connectivity index (χ3v) is 4.09. The van der Waals surface area contributed by atoms with Crippen LogP contribution in [0.25, 0.3) is 0 Å². The summed E-state index contributed by atoms with van der Waals surface area (Å²) in [5, 5.41) is 8.17. The first kappa shape index (κ1) is 14.7. The van der Waals surface area contributed by atoms with E-state index < -0.39 is 0 Å². The molecule has 1 atom stereocenters. The van der Waals surface area contributed by atoms with E-state index in [0.29, 0.717) is 36.4 Å². The summed E-state index contributed by atoms with van der Waals surface area (Å²) in [6.07, 6.45) is 0.844. The van der Waals surface area contributed by atoms with Crippen molar-refractivity contribution in [3.63, 3.8) is 0 Å². The third-order valence-electron chi connectivity index (χ3n) is 4.09. The van der Waals surface area contributed by atoms with Crippen LogP contribution in [0.2, 0.25) is 0 Å². The summed E-state index contributed by atoms with van der Waals surface area (Å²) in [7, 11) is 1.88. The molecule has 7 heteroatoms. The van der Waals surface area contributed by atoms with Crippen molar-refractivity contribution < 1.29 is 9.32 Å². The molecule has 2 aromatic rings. The Morgan fingerprint density at radius 2 is 2.23 bits per heavy atom. The molecule has 1 fully saturated rings. The van der Waals surface area contributed by atoms with Gasteiger partial charge in [0.15, 0.2) is 11.5 Å². The van der Waals surface area contributed by atoms with Crippen molar-refractivity contribution in [1.82, 2.24) is 24.8 Å². The van der Waals surface area contributed by atoms with Gasteiger partial charge in [-0.3, -0.25) is 9.48 Å². The summed E-state index contributed by atoms with van der Waals surface area (Å²) in [6.45, 7) is 7.28. The predicted octanol–water partition coefficient (Wildman–Crippen LogP) is 1.86. The highest BCUT2D eigenvalue weighted by Crippen LogP contribution is 2.27. The maximum atomic E-state index is 12.6. The van der Waals surface area contributed by atoms with E-state index in [9.17, 15) is 4.79 Å². The molecule has 1 amide bonds. The van der Waals surface area contributed by atoms with Crippen LogP contribution >= 0.6 is 0 Å². The van der Waals surface area contributed by atoms with Crippen LogP contribution in [0.4, 0.5) is 0 Å². The van der Waals surface area contributed by atoms with Gasteiger partial charge in [0.2, 0.25) is 5.89 Å². The van der Waals surface area contributed by atoms with E-state index in [2.05, 4.69) is 29.1 Å². The SMILES string of the molecule is Cc1noc(C2CCN(C(=O)c3cc(C(C)C)n(C)n3)C2)n1. The molecule has 3 rings (SSSR count). The van der Waals surface area contributed by atoms with Crippen LogP contribution in [-0.2, 0) is 7.05 Å². The average Bonchev–Trinajstić information content (AvgIpc) is 3.16. The van der Waals surface area contributed by atoms with Crippen molar-refractivity contribution in [3.05, 3.63) is 29.2 Å². The number of likely N-dealkylation sites (tertiary alicyclic amines) is 1. The lowest BCUT2D eigenvalue weighted by atomic mass is 10.1. The fourth-order valence-corrected chi connectivity index (χ4v) is 2.91. The van der Waals surface area contributed by atoms with Gasteiger partial charge in [-0.15, -0.1) is 0 Å². The molecule has 0 radical (unpaired) electrons. The predicted molar refractivity (Wildman–Crippen MR) is 79.6 cm³/mol. The molecule has 2 aromatic heterocycles. The molecular formula is C15H21N5O2. The summed E-state index contributed by atoms with van der Waals surface area (Å²) in [4.78, 5) is 18.7. The molecule has 118 valence electrons. The molecule has 1 saturated heterocycles. The Bertz CT molecular complexity index is 688. The topological polar surface area (TPSA) is 77.0 Å². The molecule has 0 bridgehead atoms. The van der Waals surface area contributed by atoms with Gasteiger partial charge < -0.3 is 9.42 Å². The molecule has 0 saturated carbocycles. The Hall–Kier alpha value is -2.18. The molecule has 0 aromatic carbocycles. The van der Waals surface area contributed by atoms with Gasteiger partial charge in [-0.1, -0.05) is 19.0 Å². The molecular weight excluding hydrogens is 282 g/mol. The summed E-state index contributed by atoms with van der Waals surface area (Å²) in [5.74, 6) is 1.69. The van der Waals surface area contributed by atoms with E-state index in [4.69, 9.17) is 4.52 Å². The molecule has 0 N–H and O–H groups in total. The highest BCUT2D eigenvalue weighted by Gasteiger charge is 2.32. The number of aryl methyl sites for hydroxylation is 2. The lowest BCUT2D eigenvalue weighted by molar-refractivity contribution is 0.0783. The fraction of sp³-hybridized carbons (Fsp3) is 0.600. The Labute approximate surface area is 129 Å². The first-order chi connectivity index (χ1) is 10.5. The van der Waals surface area contributed by atoms with Crippen LogP contribution in [0.1, 0.15) is 60.0 Å². The van der Waals surface area contributed by atoms with Gasteiger partial charge in [0, 0.05) is 25.8 Å². The molecule has 3 heterocycles. The maximum Gasteiger partial charge on any atom is 0.274 e. The first-order valence-electron chi connectivity index (χ1n) is 7.59. The van der Waals surface area contributed by atoms with Crippen LogP contribution in [-0.4, -0.2) is 43.8 Å². The standard InChI is InChI=1S/C15H21N5O2/c1-9(2)13-7-12(17-19(13)4)15(21)20-6-5-11(8-20)14-16-10(3)18-22-14/h7,9,11H,5-6,8H2,1-4H3. The van der Waals surface area contributed by atoms with Crippen molar-refractivity contribution in [2.24, 2.45) is 7.05 Å². The minimum Gasteiger partial charge on any atom is -0.339 e. The second kappa shape index (κ2) is 5.55. The smallest absolute Gasteiger partial charge is 0.274 e. The minimum atomic E-state index is -0.0266. The monoisotopic (exact) mass is 303 g/mol. The number of carbonyl (C=O) groups excluding carboxylic acids is 1. The van der Waals surface area contributed by atoms with Gasteiger partial charge in [0.1, 0.15) is 0 Å². The third kappa shape index (κ3) is 2.63. The summed E-state index contributed by atoms with van der Waals surface area (Å²) in [6, 6.07) is 1.89. The largest absolute Gasteiger partial charge is 0.339 e. The quantitative estimate of drug-likeness (QED) is 0.865. The first-order valence-corrected chi connectivity index (χ1v) is 7.59. The maximum absolute atomic E-state index is 12.6. The molecule has 0 aliphatic carbocycles. The second-order valence-corrected chi connectivity index (χ2v) is 6.15. The van der Waals surface area contributed by atoms with E-state index in [1.54, 1.807) is 11.6 Å². The number of aromatic nitrogens is 4. The highest BCUT2D eigenvalue weighted by atomic mass is 16.5. The molecule has 1 aliphatic rings. The van der Waals surface area contributed by atoms with E-state index >= 15 is 0 Å². The second-order valence-electron chi connectivity index (χ2n) is 6.15. The van der Waals surface area contributed by atoms with Crippen LogP contribution in [0.3, 0.4) is 0 Å². The Morgan fingerprint density at radius 3 is 2.82 bits per heavy atom. The van der Waals surface area contributed by atoms with Crippen LogP contribution in [0, 0.1) is 6.92 Å². The Balaban J connectivity index is 1.72. The summed E-state index contributed by atoms with van der Waals surface area (Å²) >= 11 is 0. The highest BCUT2D eigenvalue weighted by molar-refractivity contribution is 5.92. The van der Waals surface area contributed by atoms with Crippen LogP contribution in [0.15, 0.2) is 10.6 Å². The van der Waals surface area contributed by atoms with E-state index in [-0.39, 0.29) is 11.8 Å². The van der Waals surface area contributed by atoms with E-state index in [1.807, 2.05) is 18.0 Å². The lowest BCUT2D eigenvalue weighted by Crippen LogP contribution is -2.29. The Morgan fingerprint density at radius 1 is 1.45 bits per heavy atom. The number of hydrogen-bond donors (Lipinski definition) is 0. The average molecular weight is 303 g/mol. The van der Waals surface area contributed by atoms with Crippen LogP contribution in [0.5, 0.6) is 0 Å². The van der Waals surface area contributed by atoms with Gasteiger partial charge in [-0.05, 0) is 25.3 Å². The zero-order chi connectivity index (χ0) is 15.9. The van der Waals surface area contributed by atoms with Gasteiger partial charge in [-0.25, -0.2) is 0 Å². The van der Waals surface area contributed by atoms with Crippen molar-refractivity contribution in [2.45, 2.75) is 39.0 Å². The number of hydrogen-bond acceptors (Lipinski definition) is 5. The van der Waals surface area contributed by atoms with Gasteiger partial charge in [0.05, 0.1) is 5.92 Å². The summed E-state index contributed by atoms with van der Waals surface area (Å²) < 4.78 is 7.00. The summed E-state index contributed by atoms with van der Waals surface area (Å²) in [5.41, 5.74) is 1.57. The Kier molecular flexibility index (Phi) is 3.72. The van der Waals surface area contributed by atoms with E-state index in [0.717, 1.165) is 12.1 Å². The van der Waals surface area contributed by atoms with Crippen molar-refractivity contribution in [2.75, 3.05) is 13.1 Å². The lowest BCUT2D eigenvalue weighted by Gasteiger charge is -2.13. The number of carbonyl (C=O) groups is 1.